The Morgan fingerprint density at radius 2 is 0.943 bits per heavy atom. The summed E-state index contributed by atoms with van der Waals surface area (Å²) in [5, 5.41) is 8.62. The van der Waals surface area contributed by atoms with Gasteiger partial charge in [-0.05, 0) is 45.2 Å². The highest BCUT2D eigenvalue weighted by molar-refractivity contribution is 7.85. The second kappa shape index (κ2) is 12.8. The van der Waals surface area contributed by atoms with Crippen LogP contribution >= 0.6 is 18.5 Å². The molecule has 0 saturated carbocycles. The maximum Gasteiger partial charge on any atom is 0.171 e. The first-order valence-electron chi connectivity index (χ1n) is 17.8. The standard InChI is InChI=1S/C49H32NOPS/c51-52(37-15-3-1-4-16-37,38-17-5-2-6-18-38)39-31-29-34(30-32-39)33-25-27-36(28-26-33)41-21-12-23-44-46(41)47-43-20-9-10-24-45(43)53-49(47)48(50-44)42-22-11-14-35-13-7-8-19-40(35)42/h1-32H. The van der Waals surface area contributed by atoms with Gasteiger partial charge < -0.3 is 4.57 Å². The molecule has 250 valence electrons. The molecule has 10 aromatic rings. The summed E-state index contributed by atoms with van der Waals surface area (Å²) >= 11 is 1.83. The van der Waals surface area contributed by atoms with E-state index in [1.807, 2.05) is 84.1 Å². The summed E-state index contributed by atoms with van der Waals surface area (Å²) in [5.41, 5.74) is 7.68. The van der Waals surface area contributed by atoms with Crippen LogP contribution < -0.4 is 15.9 Å². The molecule has 0 fully saturated rings. The average molecular weight is 714 g/mol. The molecule has 2 nitrogen and oxygen atoms in total. The van der Waals surface area contributed by atoms with Crippen LogP contribution in [0.4, 0.5) is 0 Å². The molecule has 0 spiro atoms. The van der Waals surface area contributed by atoms with E-state index < -0.39 is 7.14 Å². The molecule has 0 aliphatic rings. The van der Waals surface area contributed by atoms with Crippen molar-refractivity contribution < 1.29 is 4.57 Å². The Balaban J connectivity index is 1.08. The molecule has 8 aromatic carbocycles. The van der Waals surface area contributed by atoms with Crippen LogP contribution in [-0.4, -0.2) is 4.98 Å². The molecule has 53 heavy (non-hydrogen) atoms. The predicted octanol–water partition coefficient (Wildman–Crippen LogP) is 12.4. The monoisotopic (exact) mass is 713 g/mol. The molecule has 0 radical (unpaired) electrons. The number of hydrogen-bond acceptors (Lipinski definition) is 3. The highest BCUT2D eigenvalue weighted by Gasteiger charge is 2.29. The highest BCUT2D eigenvalue weighted by Crippen LogP contribution is 2.47. The number of hydrogen-bond donors (Lipinski definition) is 0. The molecule has 0 aliphatic heterocycles. The van der Waals surface area contributed by atoms with Gasteiger partial charge in [0.15, 0.2) is 7.14 Å². The first-order chi connectivity index (χ1) is 26.2. The summed E-state index contributed by atoms with van der Waals surface area (Å²) in [4.78, 5) is 5.43. The Morgan fingerprint density at radius 3 is 1.66 bits per heavy atom. The van der Waals surface area contributed by atoms with E-state index in [1.165, 1.54) is 41.9 Å². The zero-order chi connectivity index (χ0) is 35.4. The number of thiophene rings is 1. The summed E-state index contributed by atoms with van der Waals surface area (Å²) in [7, 11) is -3.03. The lowest BCUT2D eigenvalue weighted by Crippen LogP contribution is -2.24. The van der Waals surface area contributed by atoms with Gasteiger partial charge >= 0.3 is 0 Å². The van der Waals surface area contributed by atoms with E-state index in [0.29, 0.717) is 0 Å². The Kier molecular flexibility index (Phi) is 7.65. The first kappa shape index (κ1) is 31.6. The molecule has 2 aromatic heterocycles. The van der Waals surface area contributed by atoms with Crippen LogP contribution in [0.15, 0.2) is 194 Å². The van der Waals surface area contributed by atoms with Crippen molar-refractivity contribution in [2.75, 3.05) is 0 Å². The van der Waals surface area contributed by atoms with Crippen molar-refractivity contribution in [1.29, 1.82) is 0 Å². The quantitative estimate of drug-likeness (QED) is 0.161. The number of pyridine rings is 1. The molecule has 0 atom stereocenters. The SMILES string of the molecule is O=P(c1ccccc1)(c1ccccc1)c1ccc(-c2ccc(-c3cccc4nc(-c5cccc6ccccc56)c5sc6ccccc6c5c34)cc2)cc1. The second-order valence-corrected chi connectivity index (χ2v) is 17.2. The van der Waals surface area contributed by atoms with Crippen LogP contribution in [0.25, 0.3) is 75.4 Å². The molecule has 0 bridgehead atoms. The van der Waals surface area contributed by atoms with E-state index in [9.17, 15) is 4.57 Å². The number of aromatic nitrogens is 1. The molecule has 0 N–H and O–H groups in total. The Morgan fingerprint density at radius 1 is 0.415 bits per heavy atom. The number of nitrogens with zero attached hydrogens (tertiary/aromatic N) is 1. The van der Waals surface area contributed by atoms with Crippen molar-refractivity contribution in [3.05, 3.63) is 194 Å². The van der Waals surface area contributed by atoms with Crippen LogP contribution in [-0.2, 0) is 4.57 Å². The molecular formula is C49H32NOPS. The van der Waals surface area contributed by atoms with Crippen molar-refractivity contribution in [3.8, 4) is 33.5 Å². The Labute approximate surface area is 312 Å². The molecular weight excluding hydrogens is 682 g/mol. The van der Waals surface area contributed by atoms with E-state index in [-0.39, 0.29) is 0 Å². The van der Waals surface area contributed by atoms with E-state index in [0.717, 1.165) is 49.4 Å². The van der Waals surface area contributed by atoms with Gasteiger partial charge in [0.25, 0.3) is 0 Å². The van der Waals surface area contributed by atoms with E-state index in [1.54, 1.807) is 0 Å². The van der Waals surface area contributed by atoms with Crippen molar-refractivity contribution in [3.63, 3.8) is 0 Å². The molecule has 0 aliphatic carbocycles. The van der Waals surface area contributed by atoms with Gasteiger partial charge in [-0.3, -0.25) is 0 Å². The third kappa shape index (κ3) is 5.24. The molecule has 0 saturated heterocycles. The third-order valence-electron chi connectivity index (χ3n) is 10.4. The molecule has 4 heteroatoms. The molecule has 0 amide bonds. The Bertz CT molecular complexity index is 2960. The summed E-state index contributed by atoms with van der Waals surface area (Å²) < 4.78 is 17.4. The number of benzene rings is 8. The average Bonchev–Trinajstić information content (AvgIpc) is 3.63. The van der Waals surface area contributed by atoms with Crippen molar-refractivity contribution in [2.24, 2.45) is 0 Å². The van der Waals surface area contributed by atoms with Gasteiger partial charge in [-0.15, -0.1) is 11.3 Å². The van der Waals surface area contributed by atoms with Crippen LogP contribution in [0.5, 0.6) is 0 Å². The summed E-state index contributed by atoms with van der Waals surface area (Å²) in [6, 6.07) is 67.1. The predicted molar refractivity (Wildman–Crippen MR) is 228 cm³/mol. The van der Waals surface area contributed by atoms with E-state index >= 15 is 0 Å². The largest absolute Gasteiger partial charge is 0.309 e. The van der Waals surface area contributed by atoms with E-state index in [2.05, 4.69) is 121 Å². The van der Waals surface area contributed by atoms with Gasteiger partial charge in [0.2, 0.25) is 0 Å². The fourth-order valence-electron chi connectivity index (χ4n) is 7.81. The normalized spacial score (nSPS) is 11.8. The van der Waals surface area contributed by atoms with Crippen molar-refractivity contribution >= 4 is 76.2 Å². The lowest BCUT2D eigenvalue weighted by Gasteiger charge is -2.20. The van der Waals surface area contributed by atoms with Gasteiger partial charge in [-0.1, -0.05) is 182 Å². The maximum absolute atomic E-state index is 14.9. The van der Waals surface area contributed by atoms with Gasteiger partial charge in [-0.2, -0.15) is 0 Å². The van der Waals surface area contributed by atoms with E-state index in [4.69, 9.17) is 4.98 Å². The zero-order valence-electron chi connectivity index (χ0n) is 28.7. The van der Waals surface area contributed by atoms with Crippen LogP contribution in [0.1, 0.15) is 0 Å². The summed E-state index contributed by atoms with van der Waals surface area (Å²) in [6.07, 6.45) is 0. The summed E-state index contributed by atoms with van der Waals surface area (Å²) in [5.74, 6) is 0. The van der Waals surface area contributed by atoms with Gasteiger partial charge in [0.05, 0.1) is 15.9 Å². The molecule has 10 rings (SSSR count). The zero-order valence-corrected chi connectivity index (χ0v) is 30.4. The van der Waals surface area contributed by atoms with Crippen molar-refractivity contribution in [1.82, 2.24) is 4.98 Å². The second-order valence-electron chi connectivity index (χ2n) is 13.4. The van der Waals surface area contributed by atoms with Gasteiger partial charge in [-0.25, -0.2) is 4.98 Å². The first-order valence-corrected chi connectivity index (χ1v) is 20.3. The lowest BCUT2D eigenvalue weighted by molar-refractivity contribution is 0.592. The molecule has 0 unspecified atom stereocenters. The lowest BCUT2D eigenvalue weighted by atomic mass is 9.93. The minimum atomic E-state index is -3.03. The van der Waals surface area contributed by atoms with Gasteiger partial charge in [0, 0.05) is 42.3 Å². The highest BCUT2D eigenvalue weighted by atomic mass is 32.1. The van der Waals surface area contributed by atoms with Crippen LogP contribution in [0.2, 0.25) is 0 Å². The maximum atomic E-state index is 14.9. The number of fused-ring (bicyclic) bond motifs is 6. The minimum Gasteiger partial charge on any atom is -0.309 e. The fraction of sp³-hybridized carbons (Fsp3) is 0. The fourth-order valence-corrected chi connectivity index (χ4v) is 11.7. The third-order valence-corrected chi connectivity index (χ3v) is 14.6. The van der Waals surface area contributed by atoms with Crippen LogP contribution in [0, 0.1) is 0 Å². The van der Waals surface area contributed by atoms with Crippen molar-refractivity contribution in [2.45, 2.75) is 0 Å². The minimum absolute atomic E-state index is 0.827. The van der Waals surface area contributed by atoms with Crippen LogP contribution in [0.3, 0.4) is 0 Å². The van der Waals surface area contributed by atoms with Gasteiger partial charge in [0.1, 0.15) is 0 Å². The summed E-state index contributed by atoms with van der Waals surface area (Å²) in [6.45, 7) is 0. The molecule has 2 heterocycles. The smallest absolute Gasteiger partial charge is 0.171 e. The Hall–Kier alpha value is -6.12. The number of rotatable bonds is 6. The topological polar surface area (TPSA) is 30.0 Å².